The van der Waals surface area contributed by atoms with Gasteiger partial charge in [-0.05, 0) is 41.9 Å². The minimum Gasteiger partial charge on any atom is -0.480 e. The van der Waals surface area contributed by atoms with E-state index in [0.717, 1.165) is 4.31 Å². The Morgan fingerprint density at radius 2 is 2.11 bits per heavy atom. The first-order chi connectivity index (χ1) is 8.25. The predicted octanol–water partition coefficient (Wildman–Crippen LogP) is 1.33. The summed E-state index contributed by atoms with van der Waals surface area (Å²) in [5, 5.41) is 8.59. The third-order valence-corrected chi connectivity index (χ3v) is 4.55. The average Bonchev–Trinajstić information content (AvgIpc) is 2.25. The molecule has 0 amide bonds. The lowest BCUT2D eigenvalue weighted by Crippen LogP contribution is -2.40. The number of aliphatic carboxylic acids is 1. The summed E-state index contributed by atoms with van der Waals surface area (Å²) in [5.74, 6) is -1.20. The Morgan fingerprint density at radius 1 is 1.50 bits per heavy atom. The number of aromatic nitrogens is 1. The molecule has 0 radical (unpaired) electrons. The van der Waals surface area contributed by atoms with Crippen molar-refractivity contribution < 1.29 is 18.3 Å². The minimum absolute atomic E-state index is 0.166. The van der Waals surface area contributed by atoms with Crippen LogP contribution in [0.1, 0.15) is 13.8 Å². The molecule has 1 heterocycles. The normalized spacial score (nSPS) is 12.1. The highest BCUT2D eigenvalue weighted by molar-refractivity contribution is 9.10. The molecule has 1 rings (SSSR count). The van der Waals surface area contributed by atoms with Crippen LogP contribution in [0.15, 0.2) is 27.8 Å². The zero-order chi connectivity index (χ0) is 13.9. The van der Waals surface area contributed by atoms with Crippen LogP contribution in [-0.4, -0.2) is 41.4 Å². The number of carbonyl (C=O) groups is 1. The zero-order valence-electron chi connectivity index (χ0n) is 9.87. The molecule has 0 aromatic carbocycles. The largest absolute Gasteiger partial charge is 0.480 e. The summed E-state index contributed by atoms with van der Waals surface area (Å²) < 4.78 is 26.0. The van der Waals surface area contributed by atoms with E-state index in [1.807, 2.05) is 0 Å². The zero-order valence-corrected chi connectivity index (χ0v) is 12.3. The van der Waals surface area contributed by atoms with Gasteiger partial charge in [0, 0.05) is 16.7 Å². The molecule has 100 valence electrons. The molecule has 8 heteroatoms. The second kappa shape index (κ2) is 5.77. The number of nitrogens with zero attached hydrogens (tertiary/aromatic N) is 2. The molecule has 1 aromatic heterocycles. The molecular weight excluding hydrogens is 324 g/mol. The van der Waals surface area contributed by atoms with Crippen molar-refractivity contribution in [2.24, 2.45) is 0 Å². The van der Waals surface area contributed by atoms with Crippen LogP contribution in [0.4, 0.5) is 0 Å². The van der Waals surface area contributed by atoms with E-state index in [-0.39, 0.29) is 5.03 Å². The van der Waals surface area contributed by atoms with Gasteiger partial charge in [-0.2, -0.15) is 4.31 Å². The van der Waals surface area contributed by atoms with Crippen molar-refractivity contribution in [3.05, 3.63) is 22.8 Å². The molecule has 0 spiro atoms. The molecular formula is C10H13BrN2O4S. The van der Waals surface area contributed by atoms with Gasteiger partial charge in [-0.1, -0.05) is 0 Å². The fourth-order valence-electron chi connectivity index (χ4n) is 1.31. The Kier molecular flexibility index (Phi) is 4.83. The number of hydrogen-bond acceptors (Lipinski definition) is 4. The molecule has 0 aliphatic heterocycles. The van der Waals surface area contributed by atoms with Crippen LogP contribution in [-0.2, 0) is 14.8 Å². The maximum Gasteiger partial charge on any atom is 0.318 e. The van der Waals surface area contributed by atoms with E-state index < -0.39 is 28.6 Å². The highest BCUT2D eigenvalue weighted by Gasteiger charge is 2.29. The molecule has 0 saturated carbocycles. The number of hydrogen-bond donors (Lipinski definition) is 1. The van der Waals surface area contributed by atoms with Gasteiger partial charge in [-0.3, -0.25) is 4.79 Å². The second-order valence-electron chi connectivity index (χ2n) is 3.85. The summed E-state index contributed by atoms with van der Waals surface area (Å²) in [6, 6.07) is 2.41. The Morgan fingerprint density at radius 3 is 2.50 bits per heavy atom. The van der Waals surface area contributed by atoms with Crippen LogP contribution in [0.2, 0.25) is 0 Å². The summed E-state index contributed by atoms with van der Waals surface area (Å²) in [4.78, 5) is 14.5. The molecule has 0 saturated heterocycles. The number of rotatable bonds is 5. The molecule has 1 N–H and O–H groups in total. The van der Waals surface area contributed by atoms with Crippen molar-refractivity contribution in [2.45, 2.75) is 24.9 Å². The lowest BCUT2D eigenvalue weighted by Gasteiger charge is -2.23. The van der Waals surface area contributed by atoms with Gasteiger partial charge >= 0.3 is 5.97 Å². The van der Waals surface area contributed by atoms with E-state index in [2.05, 4.69) is 20.9 Å². The van der Waals surface area contributed by atoms with Crippen molar-refractivity contribution in [2.75, 3.05) is 6.54 Å². The van der Waals surface area contributed by atoms with Crippen molar-refractivity contribution in [1.82, 2.24) is 9.29 Å². The van der Waals surface area contributed by atoms with E-state index in [4.69, 9.17) is 5.11 Å². The molecule has 0 bridgehead atoms. The lowest BCUT2D eigenvalue weighted by atomic mass is 10.4. The number of halogens is 1. The monoisotopic (exact) mass is 336 g/mol. The van der Waals surface area contributed by atoms with Gasteiger partial charge in [0.1, 0.15) is 6.54 Å². The SMILES string of the molecule is CC(C)N(CC(=O)O)S(=O)(=O)c1ccc(Br)cn1. The molecule has 1 aromatic rings. The maximum atomic E-state index is 12.2. The third kappa shape index (κ3) is 3.50. The van der Waals surface area contributed by atoms with Gasteiger partial charge < -0.3 is 5.11 Å². The first-order valence-corrected chi connectivity index (χ1v) is 7.33. The van der Waals surface area contributed by atoms with Crippen LogP contribution in [0.25, 0.3) is 0 Å². The van der Waals surface area contributed by atoms with Crippen molar-refractivity contribution in [3.63, 3.8) is 0 Å². The van der Waals surface area contributed by atoms with Crippen LogP contribution < -0.4 is 0 Å². The van der Waals surface area contributed by atoms with Crippen molar-refractivity contribution in [1.29, 1.82) is 0 Å². The molecule has 18 heavy (non-hydrogen) atoms. The fourth-order valence-corrected chi connectivity index (χ4v) is 3.05. The first kappa shape index (κ1) is 15.1. The molecule has 0 unspecified atom stereocenters. The Hall–Kier alpha value is -0.990. The summed E-state index contributed by atoms with van der Waals surface area (Å²) in [6.07, 6.45) is 1.35. The number of carboxylic acid groups (broad SMARTS) is 1. The topological polar surface area (TPSA) is 87.6 Å². The van der Waals surface area contributed by atoms with Crippen LogP contribution in [0.5, 0.6) is 0 Å². The van der Waals surface area contributed by atoms with Crippen LogP contribution in [0.3, 0.4) is 0 Å². The molecule has 0 atom stereocenters. The molecule has 0 aliphatic carbocycles. The first-order valence-electron chi connectivity index (χ1n) is 5.10. The third-order valence-electron chi connectivity index (χ3n) is 2.14. The summed E-state index contributed by atoms with van der Waals surface area (Å²) >= 11 is 3.15. The van der Waals surface area contributed by atoms with Crippen LogP contribution >= 0.6 is 15.9 Å². The van der Waals surface area contributed by atoms with E-state index in [9.17, 15) is 13.2 Å². The van der Waals surface area contributed by atoms with Crippen molar-refractivity contribution in [3.8, 4) is 0 Å². The maximum absolute atomic E-state index is 12.2. The highest BCUT2D eigenvalue weighted by atomic mass is 79.9. The summed E-state index contributed by atoms with van der Waals surface area (Å²) in [7, 11) is -3.89. The minimum atomic E-state index is -3.89. The van der Waals surface area contributed by atoms with Gasteiger partial charge in [-0.25, -0.2) is 13.4 Å². The van der Waals surface area contributed by atoms with Gasteiger partial charge in [0.15, 0.2) is 5.03 Å². The Balaban J connectivity index is 3.16. The predicted molar refractivity (Wildman–Crippen MR) is 68.6 cm³/mol. The summed E-state index contributed by atoms with van der Waals surface area (Å²) in [5.41, 5.74) is 0. The van der Waals surface area contributed by atoms with Gasteiger partial charge in [0.25, 0.3) is 10.0 Å². The van der Waals surface area contributed by atoms with E-state index in [1.54, 1.807) is 19.9 Å². The van der Waals surface area contributed by atoms with Gasteiger partial charge in [0.05, 0.1) is 0 Å². The van der Waals surface area contributed by atoms with E-state index in [0.29, 0.717) is 4.47 Å². The van der Waals surface area contributed by atoms with Gasteiger partial charge in [0.2, 0.25) is 0 Å². The smallest absolute Gasteiger partial charge is 0.318 e. The second-order valence-corrected chi connectivity index (χ2v) is 6.61. The quantitative estimate of drug-likeness (QED) is 0.876. The molecule has 0 aliphatic rings. The van der Waals surface area contributed by atoms with E-state index in [1.165, 1.54) is 12.3 Å². The fraction of sp³-hybridized carbons (Fsp3) is 0.400. The number of carboxylic acids is 1. The highest BCUT2D eigenvalue weighted by Crippen LogP contribution is 2.17. The summed E-state index contributed by atoms with van der Waals surface area (Å²) in [6.45, 7) is 2.64. The standard InChI is InChI=1S/C10H13BrN2O4S/c1-7(2)13(6-10(14)15)18(16,17)9-4-3-8(11)5-12-9/h3-5,7H,6H2,1-2H3,(H,14,15). The van der Waals surface area contributed by atoms with E-state index >= 15 is 0 Å². The average molecular weight is 337 g/mol. The Labute approximate surface area is 114 Å². The van der Waals surface area contributed by atoms with Crippen LogP contribution in [0, 0.1) is 0 Å². The van der Waals surface area contributed by atoms with Gasteiger partial charge in [-0.15, -0.1) is 0 Å². The number of pyridine rings is 1. The molecule has 0 fully saturated rings. The lowest BCUT2D eigenvalue weighted by molar-refractivity contribution is -0.137. The number of sulfonamides is 1. The molecule has 6 nitrogen and oxygen atoms in total. The van der Waals surface area contributed by atoms with Crippen molar-refractivity contribution >= 4 is 31.9 Å². The Bertz CT molecular complexity index is 527.